The highest BCUT2D eigenvalue weighted by molar-refractivity contribution is 6.70. The number of unbranched alkanes of at least 4 members (excludes halogenated alkanes) is 2. The van der Waals surface area contributed by atoms with Gasteiger partial charge in [0.05, 0.1) is 11.9 Å². The molecule has 0 aliphatic carbocycles. The van der Waals surface area contributed by atoms with E-state index in [-0.39, 0.29) is 0 Å². The Morgan fingerprint density at radius 3 is 2.26 bits per heavy atom. The highest BCUT2D eigenvalue weighted by Crippen LogP contribution is 2.22. The third-order valence-electron chi connectivity index (χ3n) is 3.53. The van der Waals surface area contributed by atoms with E-state index < -0.39 is 8.32 Å². The Hall–Kier alpha value is -1.65. The molecule has 0 unspecified atom stereocenters. The predicted octanol–water partition coefficient (Wildman–Crippen LogP) is 4.67. The van der Waals surface area contributed by atoms with Crippen molar-refractivity contribution in [2.45, 2.75) is 45.3 Å². The lowest BCUT2D eigenvalue weighted by molar-refractivity contribution is 0.283. The van der Waals surface area contributed by atoms with Crippen LogP contribution in [0.1, 0.15) is 24.8 Å². The first-order valence-corrected chi connectivity index (χ1v) is 11.7. The maximum atomic E-state index is 8.79. The highest BCUT2D eigenvalue weighted by atomic mass is 28.4. The van der Waals surface area contributed by atoms with Gasteiger partial charge in [-0.1, -0.05) is 30.7 Å². The third-order valence-corrected chi connectivity index (χ3v) is 4.38. The van der Waals surface area contributed by atoms with E-state index >= 15 is 0 Å². The number of aryl methyl sites for hydroxylation is 1. The smallest absolute Gasteiger partial charge is 0.242 e. The maximum Gasteiger partial charge on any atom is 0.242 e. The minimum absolute atomic E-state index is 0.294. The van der Waals surface area contributed by atoms with Gasteiger partial charge in [0, 0.05) is 12.2 Å². The summed E-state index contributed by atoms with van der Waals surface area (Å²) in [4.78, 5) is 4.52. The summed E-state index contributed by atoms with van der Waals surface area (Å²) in [7, 11) is -1.58. The van der Waals surface area contributed by atoms with Gasteiger partial charge in [-0.15, -0.1) is 0 Å². The normalized spacial score (nSPS) is 11.5. The molecular weight excluding hydrogens is 302 g/mol. The quantitative estimate of drug-likeness (QED) is 0.565. The van der Waals surface area contributed by atoms with Crippen molar-refractivity contribution in [3.8, 4) is 17.0 Å². The Balaban J connectivity index is 1.96. The second-order valence-electron chi connectivity index (χ2n) is 6.82. The van der Waals surface area contributed by atoms with Crippen molar-refractivity contribution in [1.29, 1.82) is 0 Å². The molecule has 1 heterocycles. The minimum Gasteiger partial charge on any atom is -0.543 e. The van der Waals surface area contributed by atoms with E-state index in [1.165, 1.54) is 5.56 Å². The lowest BCUT2D eigenvalue weighted by Crippen LogP contribution is -2.29. The highest BCUT2D eigenvalue weighted by Gasteiger charge is 2.16. The van der Waals surface area contributed by atoms with Crippen LogP contribution in [-0.4, -0.2) is 25.0 Å². The summed E-state index contributed by atoms with van der Waals surface area (Å²) in [6.07, 6.45) is 5.99. The number of aliphatic hydroxyl groups is 1. The van der Waals surface area contributed by atoms with Crippen LogP contribution in [0.5, 0.6) is 5.75 Å². The Morgan fingerprint density at radius 2 is 1.70 bits per heavy atom. The van der Waals surface area contributed by atoms with E-state index in [1.54, 1.807) is 0 Å². The van der Waals surface area contributed by atoms with Gasteiger partial charge in [0.15, 0.2) is 0 Å². The van der Waals surface area contributed by atoms with Gasteiger partial charge in [0.1, 0.15) is 5.75 Å². The summed E-state index contributed by atoms with van der Waals surface area (Å²) in [6, 6.07) is 12.6. The fraction of sp³-hybridized carbons (Fsp3) is 0.421. The molecular formula is C19H27NO2Si. The summed E-state index contributed by atoms with van der Waals surface area (Å²) in [5.41, 5.74) is 3.44. The summed E-state index contributed by atoms with van der Waals surface area (Å²) in [5, 5.41) is 8.79. The molecule has 2 aromatic rings. The van der Waals surface area contributed by atoms with E-state index in [0.29, 0.717) is 6.61 Å². The molecule has 0 saturated heterocycles. The first-order chi connectivity index (χ1) is 11.0. The molecule has 1 N–H and O–H groups in total. The van der Waals surface area contributed by atoms with Gasteiger partial charge in [-0.3, -0.25) is 4.98 Å². The van der Waals surface area contributed by atoms with Gasteiger partial charge in [-0.25, -0.2) is 0 Å². The third kappa shape index (κ3) is 6.16. The Bertz CT molecular complexity index is 588. The Labute approximate surface area is 140 Å². The van der Waals surface area contributed by atoms with E-state index in [1.807, 2.05) is 18.3 Å². The first kappa shape index (κ1) is 17.7. The van der Waals surface area contributed by atoms with Gasteiger partial charge < -0.3 is 9.53 Å². The lowest BCUT2D eigenvalue weighted by Gasteiger charge is -2.18. The Kier molecular flexibility index (Phi) is 6.36. The molecule has 0 atom stereocenters. The van der Waals surface area contributed by atoms with E-state index in [0.717, 1.165) is 42.7 Å². The molecule has 1 aromatic heterocycles. The van der Waals surface area contributed by atoms with Gasteiger partial charge in [-0.05, 0) is 56.6 Å². The largest absolute Gasteiger partial charge is 0.543 e. The average molecular weight is 330 g/mol. The molecule has 4 heteroatoms. The monoisotopic (exact) mass is 329 g/mol. The van der Waals surface area contributed by atoms with Crippen LogP contribution in [0.15, 0.2) is 42.6 Å². The molecule has 3 nitrogen and oxygen atoms in total. The van der Waals surface area contributed by atoms with Crippen LogP contribution in [-0.2, 0) is 6.42 Å². The van der Waals surface area contributed by atoms with E-state index in [4.69, 9.17) is 9.53 Å². The fourth-order valence-electron chi connectivity index (χ4n) is 2.42. The second kappa shape index (κ2) is 8.27. The molecule has 0 aliphatic heterocycles. The molecule has 0 aliphatic rings. The van der Waals surface area contributed by atoms with Gasteiger partial charge >= 0.3 is 0 Å². The van der Waals surface area contributed by atoms with Gasteiger partial charge in [0.2, 0.25) is 8.32 Å². The van der Waals surface area contributed by atoms with Crippen molar-refractivity contribution in [3.63, 3.8) is 0 Å². The van der Waals surface area contributed by atoms with Crippen molar-refractivity contribution in [2.75, 3.05) is 6.61 Å². The molecule has 0 spiro atoms. The first-order valence-electron chi connectivity index (χ1n) is 8.33. The number of nitrogens with zero attached hydrogens (tertiary/aromatic N) is 1. The van der Waals surface area contributed by atoms with Crippen LogP contribution in [0.4, 0.5) is 0 Å². The standard InChI is InChI=1S/C19H27NO2Si/c1-23(2,3)22-18-12-13-19(20-15-18)17-10-8-16(9-11-17)7-5-4-6-14-21/h8-13,15,21H,4-7,14H2,1-3H3. The summed E-state index contributed by atoms with van der Waals surface area (Å²) in [5.74, 6) is 0.855. The number of hydrogen-bond acceptors (Lipinski definition) is 3. The number of hydrogen-bond donors (Lipinski definition) is 1. The lowest BCUT2D eigenvalue weighted by atomic mass is 10.0. The zero-order valence-corrected chi connectivity index (χ0v) is 15.4. The summed E-state index contributed by atoms with van der Waals surface area (Å²) < 4.78 is 5.93. The summed E-state index contributed by atoms with van der Waals surface area (Å²) in [6.45, 7) is 6.79. The topological polar surface area (TPSA) is 42.4 Å². The number of pyridine rings is 1. The van der Waals surface area contributed by atoms with Crippen molar-refractivity contribution in [2.24, 2.45) is 0 Å². The predicted molar refractivity (Wildman–Crippen MR) is 98.3 cm³/mol. The van der Waals surface area contributed by atoms with E-state index in [9.17, 15) is 0 Å². The zero-order valence-electron chi connectivity index (χ0n) is 14.4. The van der Waals surface area contributed by atoms with E-state index in [2.05, 4.69) is 48.9 Å². The molecule has 0 bridgehead atoms. The molecule has 124 valence electrons. The van der Waals surface area contributed by atoms with Crippen molar-refractivity contribution in [1.82, 2.24) is 4.98 Å². The average Bonchev–Trinajstić information content (AvgIpc) is 2.52. The molecule has 2 rings (SSSR count). The fourth-order valence-corrected chi connectivity index (χ4v) is 3.25. The number of benzene rings is 1. The minimum atomic E-state index is -1.58. The zero-order chi connectivity index (χ0) is 16.7. The SMILES string of the molecule is C[Si](C)(C)Oc1ccc(-c2ccc(CCCCCO)cc2)nc1. The number of aromatic nitrogens is 1. The molecule has 23 heavy (non-hydrogen) atoms. The maximum absolute atomic E-state index is 8.79. The van der Waals surface area contributed by atoms with Crippen LogP contribution in [0.25, 0.3) is 11.3 Å². The second-order valence-corrected chi connectivity index (χ2v) is 11.3. The van der Waals surface area contributed by atoms with Gasteiger partial charge in [-0.2, -0.15) is 0 Å². The molecule has 0 saturated carbocycles. The molecule has 1 aromatic carbocycles. The van der Waals surface area contributed by atoms with Crippen LogP contribution in [0, 0.1) is 0 Å². The van der Waals surface area contributed by atoms with Crippen molar-refractivity contribution < 1.29 is 9.53 Å². The van der Waals surface area contributed by atoms with Crippen LogP contribution < -0.4 is 4.43 Å². The van der Waals surface area contributed by atoms with Crippen LogP contribution in [0.3, 0.4) is 0 Å². The van der Waals surface area contributed by atoms with Crippen LogP contribution >= 0.6 is 0 Å². The van der Waals surface area contributed by atoms with Crippen LogP contribution in [0.2, 0.25) is 19.6 Å². The number of rotatable bonds is 8. The number of aliphatic hydroxyl groups excluding tert-OH is 1. The van der Waals surface area contributed by atoms with Gasteiger partial charge in [0.25, 0.3) is 0 Å². The Morgan fingerprint density at radius 1 is 0.957 bits per heavy atom. The summed E-state index contributed by atoms with van der Waals surface area (Å²) >= 11 is 0. The van der Waals surface area contributed by atoms with Crippen molar-refractivity contribution in [3.05, 3.63) is 48.2 Å². The molecule has 0 amide bonds. The molecule has 0 fully saturated rings. The molecule has 0 radical (unpaired) electrons. The van der Waals surface area contributed by atoms with Crippen molar-refractivity contribution >= 4 is 8.32 Å².